The van der Waals surface area contributed by atoms with E-state index in [9.17, 15) is 9.59 Å². The Labute approximate surface area is 209 Å². The number of piperidine rings is 1. The van der Waals surface area contributed by atoms with Crippen molar-refractivity contribution in [3.63, 3.8) is 0 Å². The number of amides is 2. The highest BCUT2D eigenvalue weighted by Crippen LogP contribution is 2.32. The maximum absolute atomic E-state index is 12.1. The molecule has 3 heterocycles. The van der Waals surface area contributed by atoms with Gasteiger partial charge in [-0.05, 0) is 37.0 Å². The molecule has 4 rings (SSSR count). The maximum atomic E-state index is 12.1. The SMILES string of the molecule is C=CC(=O)N1CCC[C@H](n2cc(Nc3ncc(C(N)=O)c(Nc4c(CC)cccc4OC)n3)cn2)C1. The van der Waals surface area contributed by atoms with Gasteiger partial charge in [-0.2, -0.15) is 10.1 Å². The first-order valence-corrected chi connectivity index (χ1v) is 11.8. The average molecular weight is 491 g/mol. The van der Waals surface area contributed by atoms with E-state index in [0.29, 0.717) is 23.7 Å². The number of hydrogen-bond acceptors (Lipinski definition) is 8. The molecule has 0 spiro atoms. The number of para-hydroxylation sites is 1. The number of benzene rings is 1. The first kappa shape index (κ1) is 24.7. The number of ether oxygens (including phenoxy) is 1. The second-order valence-electron chi connectivity index (χ2n) is 8.41. The third-order valence-electron chi connectivity index (χ3n) is 6.13. The van der Waals surface area contributed by atoms with Crippen LogP contribution in [-0.4, -0.2) is 56.7 Å². The molecule has 0 bridgehead atoms. The molecule has 0 radical (unpaired) electrons. The second-order valence-corrected chi connectivity index (χ2v) is 8.41. The van der Waals surface area contributed by atoms with Crippen molar-refractivity contribution in [1.29, 1.82) is 0 Å². The Morgan fingerprint density at radius 1 is 1.31 bits per heavy atom. The molecule has 36 heavy (non-hydrogen) atoms. The maximum Gasteiger partial charge on any atom is 0.254 e. The van der Waals surface area contributed by atoms with Crippen LogP contribution in [0.1, 0.15) is 41.7 Å². The van der Waals surface area contributed by atoms with E-state index < -0.39 is 5.91 Å². The summed E-state index contributed by atoms with van der Waals surface area (Å²) in [7, 11) is 1.58. The fourth-order valence-corrected chi connectivity index (χ4v) is 4.25. The van der Waals surface area contributed by atoms with Crippen molar-refractivity contribution in [2.45, 2.75) is 32.2 Å². The molecule has 0 aliphatic carbocycles. The van der Waals surface area contributed by atoms with E-state index in [4.69, 9.17) is 10.5 Å². The lowest BCUT2D eigenvalue weighted by molar-refractivity contribution is -0.127. The lowest BCUT2D eigenvalue weighted by Crippen LogP contribution is -2.39. The number of nitrogens with two attached hydrogens (primary N) is 1. The number of anilines is 4. The van der Waals surface area contributed by atoms with Crippen molar-refractivity contribution in [1.82, 2.24) is 24.6 Å². The normalized spacial score (nSPS) is 15.3. The molecule has 2 aromatic heterocycles. The number of nitrogens with zero attached hydrogens (tertiary/aromatic N) is 5. The summed E-state index contributed by atoms with van der Waals surface area (Å²) in [6.07, 6.45) is 8.79. The Balaban J connectivity index is 1.56. The Bertz CT molecular complexity index is 1250. The van der Waals surface area contributed by atoms with Crippen LogP contribution in [0.2, 0.25) is 0 Å². The Hall–Kier alpha value is -4.41. The van der Waals surface area contributed by atoms with Crippen LogP contribution in [0.4, 0.5) is 23.1 Å². The molecule has 0 unspecified atom stereocenters. The Morgan fingerprint density at radius 3 is 2.86 bits per heavy atom. The summed E-state index contributed by atoms with van der Waals surface area (Å²) in [6, 6.07) is 5.77. The largest absolute Gasteiger partial charge is 0.495 e. The van der Waals surface area contributed by atoms with Crippen molar-refractivity contribution < 1.29 is 14.3 Å². The van der Waals surface area contributed by atoms with Gasteiger partial charge in [-0.15, -0.1) is 0 Å². The zero-order valence-corrected chi connectivity index (χ0v) is 20.4. The minimum atomic E-state index is -0.652. The molecular weight excluding hydrogens is 460 g/mol. The van der Waals surface area contributed by atoms with E-state index in [1.54, 1.807) is 18.2 Å². The molecular formula is C25H30N8O3. The number of nitrogens with one attached hydrogen (secondary N) is 2. The summed E-state index contributed by atoms with van der Waals surface area (Å²) < 4.78 is 7.33. The van der Waals surface area contributed by atoms with Crippen molar-refractivity contribution in [3.8, 4) is 5.75 Å². The van der Waals surface area contributed by atoms with Gasteiger partial charge in [-0.25, -0.2) is 4.98 Å². The van der Waals surface area contributed by atoms with Gasteiger partial charge in [0.05, 0.1) is 30.7 Å². The summed E-state index contributed by atoms with van der Waals surface area (Å²) in [6.45, 7) is 6.89. The molecule has 1 aliphatic rings. The van der Waals surface area contributed by atoms with Gasteiger partial charge in [0.2, 0.25) is 11.9 Å². The van der Waals surface area contributed by atoms with Gasteiger partial charge in [-0.3, -0.25) is 14.3 Å². The minimum absolute atomic E-state index is 0.0617. The number of aromatic nitrogens is 4. The Kier molecular flexibility index (Phi) is 7.47. The molecule has 3 aromatic rings. The molecule has 0 saturated carbocycles. The highest BCUT2D eigenvalue weighted by atomic mass is 16.5. The number of rotatable bonds is 9. The molecule has 188 valence electrons. The van der Waals surface area contributed by atoms with Crippen LogP contribution in [0, 0.1) is 0 Å². The van der Waals surface area contributed by atoms with Crippen LogP contribution in [-0.2, 0) is 11.2 Å². The van der Waals surface area contributed by atoms with Gasteiger partial charge < -0.3 is 26.0 Å². The zero-order chi connectivity index (χ0) is 25.7. The van der Waals surface area contributed by atoms with Crippen molar-refractivity contribution in [3.05, 3.63) is 60.6 Å². The predicted molar refractivity (Wildman–Crippen MR) is 137 cm³/mol. The lowest BCUT2D eigenvalue weighted by Gasteiger charge is -2.32. The number of aryl methyl sites for hydroxylation is 1. The number of hydrogen-bond donors (Lipinski definition) is 3. The summed E-state index contributed by atoms with van der Waals surface area (Å²) in [5, 5.41) is 10.8. The molecule has 11 nitrogen and oxygen atoms in total. The van der Waals surface area contributed by atoms with E-state index in [1.165, 1.54) is 12.3 Å². The van der Waals surface area contributed by atoms with Gasteiger partial charge in [0.25, 0.3) is 5.91 Å². The number of primary amides is 1. The van der Waals surface area contributed by atoms with Gasteiger partial charge in [-0.1, -0.05) is 25.6 Å². The standard InChI is InChI=1S/C25H30N8O3/c1-4-16-8-6-10-20(36-3)22(16)30-24-19(23(26)35)13-27-25(31-24)29-17-12-28-33(14-17)18-9-7-11-32(15-18)21(34)5-2/h5-6,8,10,12-14,18H,2,4,7,9,11,15H2,1,3H3,(H2,26,35)(H2,27,29,30,31)/t18-/m0/s1. The number of carbonyl (C=O) groups is 2. The van der Waals surface area contributed by atoms with E-state index in [1.807, 2.05) is 36.0 Å². The molecule has 1 fully saturated rings. The summed E-state index contributed by atoms with van der Waals surface area (Å²) in [4.78, 5) is 34.6. The predicted octanol–water partition coefficient (Wildman–Crippen LogP) is 3.18. The van der Waals surface area contributed by atoms with Crippen LogP contribution in [0.25, 0.3) is 0 Å². The number of carbonyl (C=O) groups excluding carboxylic acids is 2. The summed E-state index contributed by atoms with van der Waals surface area (Å²) in [5.74, 6) is 0.422. The molecule has 1 saturated heterocycles. The van der Waals surface area contributed by atoms with Gasteiger partial charge in [0.15, 0.2) is 0 Å². The summed E-state index contributed by atoms with van der Waals surface area (Å²) in [5.41, 5.74) is 8.11. The van der Waals surface area contributed by atoms with Crippen LogP contribution >= 0.6 is 0 Å². The van der Waals surface area contributed by atoms with Gasteiger partial charge in [0, 0.05) is 25.5 Å². The monoisotopic (exact) mass is 490 g/mol. The van der Waals surface area contributed by atoms with Crippen LogP contribution in [0.15, 0.2) is 49.4 Å². The van der Waals surface area contributed by atoms with Gasteiger partial charge in [0.1, 0.15) is 17.1 Å². The lowest BCUT2D eigenvalue weighted by atomic mass is 10.1. The van der Waals surface area contributed by atoms with E-state index in [2.05, 4.69) is 32.3 Å². The highest BCUT2D eigenvalue weighted by Gasteiger charge is 2.24. The first-order valence-electron chi connectivity index (χ1n) is 11.8. The third kappa shape index (κ3) is 5.29. The van der Waals surface area contributed by atoms with E-state index in [0.717, 1.165) is 31.4 Å². The van der Waals surface area contributed by atoms with Crippen molar-refractivity contribution in [2.75, 3.05) is 30.8 Å². The molecule has 2 amide bonds. The van der Waals surface area contributed by atoms with Crippen molar-refractivity contribution in [2.24, 2.45) is 5.73 Å². The minimum Gasteiger partial charge on any atom is -0.495 e. The smallest absolute Gasteiger partial charge is 0.254 e. The summed E-state index contributed by atoms with van der Waals surface area (Å²) >= 11 is 0. The average Bonchev–Trinajstić information content (AvgIpc) is 3.36. The van der Waals surface area contributed by atoms with Crippen LogP contribution < -0.4 is 21.1 Å². The zero-order valence-electron chi connectivity index (χ0n) is 20.4. The van der Waals surface area contributed by atoms with E-state index in [-0.39, 0.29) is 29.3 Å². The molecule has 1 aliphatic heterocycles. The van der Waals surface area contributed by atoms with Crippen molar-refractivity contribution >= 4 is 35.0 Å². The fourth-order valence-electron chi connectivity index (χ4n) is 4.25. The third-order valence-corrected chi connectivity index (χ3v) is 6.13. The molecule has 1 atom stereocenters. The topological polar surface area (TPSA) is 140 Å². The molecule has 11 heteroatoms. The van der Waals surface area contributed by atoms with Crippen LogP contribution in [0.3, 0.4) is 0 Å². The van der Waals surface area contributed by atoms with Gasteiger partial charge >= 0.3 is 0 Å². The highest BCUT2D eigenvalue weighted by molar-refractivity contribution is 5.98. The Morgan fingerprint density at radius 2 is 2.14 bits per heavy atom. The number of methoxy groups -OCH3 is 1. The molecule has 4 N–H and O–H groups in total. The van der Waals surface area contributed by atoms with Crippen LogP contribution in [0.5, 0.6) is 5.75 Å². The molecule has 1 aromatic carbocycles. The fraction of sp³-hybridized carbons (Fsp3) is 0.320. The second kappa shape index (κ2) is 10.9. The quantitative estimate of drug-likeness (QED) is 0.389. The first-order chi connectivity index (χ1) is 17.4. The van der Waals surface area contributed by atoms with E-state index >= 15 is 0 Å². The number of likely N-dealkylation sites (tertiary alicyclic amines) is 1.